The SMILES string of the molecule is CCC(CO)(CO)CO.O=C(O)c1ccc2c(c1)OCO2.O=C(O)c1ccc2c(c1)OCO2.O=C(O)c1ccc2c(c1)OCO2. The monoisotopic (exact) mass is 632 g/mol. The van der Waals surface area contributed by atoms with E-state index in [0.29, 0.717) is 40.9 Å². The van der Waals surface area contributed by atoms with Crippen LogP contribution in [0.3, 0.4) is 0 Å². The number of aliphatic hydroxyl groups excluding tert-OH is 3. The number of hydrogen-bond donors (Lipinski definition) is 6. The topological polar surface area (TPSA) is 228 Å². The second kappa shape index (κ2) is 16.0. The first-order chi connectivity index (χ1) is 21.6. The minimum Gasteiger partial charge on any atom is -0.478 e. The van der Waals surface area contributed by atoms with Crippen LogP contribution in [0.2, 0.25) is 0 Å². The Labute approximate surface area is 256 Å². The summed E-state index contributed by atoms with van der Waals surface area (Å²) in [6, 6.07) is 13.6. The number of ether oxygens (including phenoxy) is 6. The van der Waals surface area contributed by atoms with Crippen LogP contribution in [0, 0.1) is 5.41 Å². The van der Waals surface area contributed by atoms with E-state index in [-0.39, 0.29) is 56.9 Å². The number of carboxylic acids is 3. The van der Waals surface area contributed by atoms with Gasteiger partial charge in [-0.1, -0.05) is 6.92 Å². The molecular weight excluding hydrogens is 600 g/mol. The van der Waals surface area contributed by atoms with Crippen LogP contribution in [0.5, 0.6) is 34.5 Å². The highest BCUT2D eigenvalue weighted by Crippen LogP contribution is 2.34. The Balaban J connectivity index is 0.000000165. The van der Waals surface area contributed by atoms with Gasteiger partial charge in [0.2, 0.25) is 20.4 Å². The Kier molecular flexibility index (Phi) is 12.2. The molecule has 0 bridgehead atoms. The minimum atomic E-state index is -0.965. The molecule has 3 aliphatic heterocycles. The Morgan fingerprint density at radius 1 is 0.533 bits per heavy atom. The molecule has 45 heavy (non-hydrogen) atoms. The molecule has 0 fully saturated rings. The molecule has 0 unspecified atom stereocenters. The molecule has 0 spiro atoms. The molecule has 15 nitrogen and oxygen atoms in total. The molecule has 0 radical (unpaired) electrons. The quantitative estimate of drug-likeness (QED) is 0.220. The third-order valence-corrected chi connectivity index (χ3v) is 6.61. The molecule has 6 rings (SSSR count). The minimum absolute atomic E-state index is 0.156. The van der Waals surface area contributed by atoms with Crippen LogP contribution < -0.4 is 28.4 Å². The van der Waals surface area contributed by atoms with Crippen LogP contribution in [0.25, 0.3) is 0 Å². The van der Waals surface area contributed by atoms with Crippen LogP contribution in [0.1, 0.15) is 44.4 Å². The van der Waals surface area contributed by atoms with E-state index in [9.17, 15) is 14.4 Å². The van der Waals surface area contributed by atoms with E-state index < -0.39 is 23.3 Å². The molecular formula is C30H32O15. The molecule has 3 aromatic carbocycles. The van der Waals surface area contributed by atoms with Crippen LogP contribution in [-0.4, -0.2) is 88.7 Å². The van der Waals surface area contributed by atoms with Crippen molar-refractivity contribution in [2.45, 2.75) is 13.3 Å². The Morgan fingerprint density at radius 3 is 1.00 bits per heavy atom. The first kappa shape index (κ1) is 34.2. The number of hydrogen-bond acceptors (Lipinski definition) is 12. The van der Waals surface area contributed by atoms with Crippen LogP contribution in [0.15, 0.2) is 54.6 Å². The first-order valence-electron chi connectivity index (χ1n) is 13.3. The van der Waals surface area contributed by atoms with Gasteiger partial charge in [-0.05, 0) is 61.0 Å². The second-order valence-corrected chi connectivity index (χ2v) is 9.45. The predicted octanol–water partition coefficient (Wildman–Crippen LogP) is 2.70. The van der Waals surface area contributed by atoms with Gasteiger partial charge in [0, 0.05) is 5.41 Å². The lowest BCUT2D eigenvalue weighted by molar-refractivity contribution is 0.00303. The predicted molar refractivity (Wildman–Crippen MR) is 153 cm³/mol. The smallest absolute Gasteiger partial charge is 0.335 e. The van der Waals surface area contributed by atoms with E-state index >= 15 is 0 Å². The molecule has 0 aliphatic carbocycles. The zero-order chi connectivity index (χ0) is 33.0. The molecule has 3 aliphatic rings. The standard InChI is InChI=1S/3C8H6O4.C6H14O3/c3*9-8(10)5-1-2-6-7(3-5)12-4-11-6;1-2-6(3-7,4-8)5-9/h3*1-3H,4H2,(H,9,10);7-9H,2-5H2,1H3. The highest BCUT2D eigenvalue weighted by Gasteiger charge is 2.25. The molecule has 0 amide bonds. The summed E-state index contributed by atoms with van der Waals surface area (Å²) in [6.45, 7) is 1.85. The van der Waals surface area contributed by atoms with E-state index in [1.54, 1.807) is 18.2 Å². The van der Waals surface area contributed by atoms with E-state index in [1.165, 1.54) is 36.4 Å². The summed E-state index contributed by atoms with van der Waals surface area (Å²) in [5.74, 6) is 0.384. The van der Waals surface area contributed by atoms with Crippen LogP contribution in [-0.2, 0) is 0 Å². The number of fused-ring (bicyclic) bond motifs is 3. The average molecular weight is 633 g/mol. The Morgan fingerprint density at radius 2 is 0.800 bits per heavy atom. The lowest BCUT2D eigenvalue weighted by Gasteiger charge is -2.24. The molecule has 0 saturated carbocycles. The molecule has 6 N–H and O–H groups in total. The Hall–Kier alpha value is -5.25. The lowest BCUT2D eigenvalue weighted by Crippen LogP contribution is -2.32. The van der Waals surface area contributed by atoms with Crippen molar-refractivity contribution in [2.24, 2.45) is 5.41 Å². The maximum atomic E-state index is 10.5. The largest absolute Gasteiger partial charge is 0.478 e. The summed E-state index contributed by atoms with van der Waals surface area (Å²) in [5, 5.41) is 51.8. The van der Waals surface area contributed by atoms with Crippen LogP contribution in [0.4, 0.5) is 0 Å². The summed E-state index contributed by atoms with van der Waals surface area (Å²) in [6.07, 6.45) is 0.594. The summed E-state index contributed by atoms with van der Waals surface area (Å²) in [5.41, 5.74) is -0.0437. The highest BCUT2D eigenvalue weighted by molar-refractivity contribution is 5.89. The van der Waals surface area contributed by atoms with Gasteiger partial charge in [0.05, 0.1) is 36.5 Å². The van der Waals surface area contributed by atoms with E-state index in [1.807, 2.05) is 6.92 Å². The maximum absolute atomic E-state index is 10.5. The third-order valence-electron chi connectivity index (χ3n) is 6.61. The fourth-order valence-electron chi connectivity index (χ4n) is 3.57. The van der Waals surface area contributed by atoms with Crippen molar-refractivity contribution in [2.75, 3.05) is 40.2 Å². The van der Waals surface area contributed by atoms with Crippen molar-refractivity contribution in [3.63, 3.8) is 0 Å². The van der Waals surface area contributed by atoms with Gasteiger partial charge in [-0.3, -0.25) is 0 Å². The molecule has 15 heteroatoms. The average Bonchev–Trinajstić information content (AvgIpc) is 3.83. The normalized spacial score (nSPS) is 12.8. The van der Waals surface area contributed by atoms with Crippen molar-refractivity contribution in [3.8, 4) is 34.5 Å². The zero-order valence-corrected chi connectivity index (χ0v) is 24.0. The van der Waals surface area contributed by atoms with Gasteiger partial charge in [-0.2, -0.15) is 0 Å². The lowest BCUT2D eigenvalue weighted by atomic mass is 9.88. The molecule has 0 saturated heterocycles. The summed E-state index contributed by atoms with van der Waals surface area (Å²) in [7, 11) is 0. The molecule has 0 atom stereocenters. The van der Waals surface area contributed by atoms with Gasteiger partial charge in [-0.25, -0.2) is 14.4 Å². The van der Waals surface area contributed by atoms with Crippen molar-refractivity contribution < 1.29 is 73.4 Å². The summed E-state index contributed by atoms with van der Waals surface area (Å²) < 4.78 is 30.1. The van der Waals surface area contributed by atoms with Crippen molar-refractivity contribution in [3.05, 3.63) is 71.3 Å². The van der Waals surface area contributed by atoms with Gasteiger partial charge >= 0.3 is 17.9 Å². The van der Waals surface area contributed by atoms with Crippen molar-refractivity contribution in [1.82, 2.24) is 0 Å². The van der Waals surface area contributed by atoms with E-state index in [0.717, 1.165) is 0 Å². The third kappa shape index (κ3) is 9.12. The molecule has 242 valence electrons. The molecule has 0 aromatic heterocycles. The zero-order valence-electron chi connectivity index (χ0n) is 24.0. The fourth-order valence-corrected chi connectivity index (χ4v) is 3.57. The number of carboxylic acid groups (broad SMARTS) is 3. The van der Waals surface area contributed by atoms with Gasteiger partial charge in [0.25, 0.3) is 0 Å². The van der Waals surface area contributed by atoms with E-state index in [2.05, 4.69) is 0 Å². The summed E-state index contributed by atoms with van der Waals surface area (Å²) >= 11 is 0. The number of benzene rings is 3. The highest BCUT2D eigenvalue weighted by atomic mass is 16.7. The van der Waals surface area contributed by atoms with Crippen LogP contribution >= 0.6 is 0 Å². The van der Waals surface area contributed by atoms with Gasteiger partial charge in [0.1, 0.15) is 0 Å². The fraction of sp³-hybridized carbons (Fsp3) is 0.300. The number of aromatic carboxylic acids is 3. The molecule has 3 aromatic rings. The first-order valence-corrected chi connectivity index (χ1v) is 13.3. The maximum Gasteiger partial charge on any atom is 0.335 e. The number of aliphatic hydroxyl groups is 3. The summed E-state index contributed by atoms with van der Waals surface area (Å²) in [4.78, 5) is 31.5. The second-order valence-electron chi connectivity index (χ2n) is 9.45. The van der Waals surface area contributed by atoms with Crippen molar-refractivity contribution in [1.29, 1.82) is 0 Å². The number of carbonyl (C=O) groups is 3. The van der Waals surface area contributed by atoms with E-state index in [4.69, 9.17) is 59.1 Å². The van der Waals surface area contributed by atoms with Gasteiger partial charge < -0.3 is 59.1 Å². The Bertz CT molecular complexity index is 1300. The molecule has 3 heterocycles. The number of rotatable bonds is 7. The van der Waals surface area contributed by atoms with Crippen molar-refractivity contribution >= 4 is 17.9 Å². The van der Waals surface area contributed by atoms with Gasteiger partial charge in [-0.15, -0.1) is 0 Å². The van der Waals surface area contributed by atoms with Gasteiger partial charge in [0.15, 0.2) is 34.5 Å².